The van der Waals surface area contributed by atoms with Crippen LogP contribution in [0, 0.1) is 0 Å². The lowest BCUT2D eigenvalue weighted by Gasteiger charge is -2.07. The summed E-state index contributed by atoms with van der Waals surface area (Å²) in [5, 5.41) is 5.14. The van der Waals surface area contributed by atoms with Gasteiger partial charge in [-0.1, -0.05) is 53.0 Å². The van der Waals surface area contributed by atoms with Gasteiger partial charge < -0.3 is 9.73 Å². The van der Waals surface area contributed by atoms with E-state index in [-0.39, 0.29) is 5.91 Å². The molecule has 0 aliphatic carbocycles. The lowest BCUT2D eigenvalue weighted by atomic mass is 10.2. The van der Waals surface area contributed by atoms with Crippen LogP contribution in [0.15, 0.2) is 83.3 Å². The summed E-state index contributed by atoms with van der Waals surface area (Å²) in [6.45, 7) is 0. The van der Waals surface area contributed by atoms with Crippen molar-refractivity contribution in [3.8, 4) is 21.9 Å². The number of benzene rings is 3. The number of fused-ring (bicyclic) bond motifs is 1. The fourth-order valence-corrected chi connectivity index (χ4v) is 4.99. The highest BCUT2D eigenvalue weighted by molar-refractivity contribution is 7.21. The van der Waals surface area contributed by atoms with Gasteiger partial charge in [-0.3, -0.25) is 4.79 Å². The molecule has 0 spiro atoms. The molecule has 1 amide bonds. The SMILES string of the molecule is O=C(/C=C/c1ccc(-c2ccc(Cl)cc2Cl)o1)Nc1cc(-c2nc3ccccc3s2)ccc1Cl. The molecule has 168 valence electrons. The third kappa shape index (κ3) is 4.88. The molecule has 0 atom stereocenters. The first-order valence-electron chi connectivity index (χ1n) is 10.2. The molecule has 5 rings (SSSR count). The van der Waals surface area contributed by atoms with E-state index < -0.39 is 0 Å². The molecule has 5 aromatic rings. The van der Waals surface area contributed by atoms with Crippen molar-refractivity contribution in [1.82, 2.24) is 4.98 Å². The van der Waals surface area contributed by atoms with Gasteiger partial charge in [-0.25, -0.2) is 4.98 Å². The number of hydrogen-bond acceptors (Lipinski definition) is 4. The predicted octanol–water partition coefficient (Wildman–Crippen LogP) is 8.84. The van der Waals surface area contributed by atoms with Crippen LogP contribution in [0.5, 0.6) is 0 Å². The number of aromatic nitrogens is 1. The summed E-state index contributed by atoms with van der Waals surface area (Å²) >= 11 is 20.1. The van der Waals surface area contributed by atoms with Crippen LogP contribution in [0.3, 0.4) is 0 Å². The van der Waals surface area contributed by atoms with Crippen LogP contribution in [0.25, 0.3) is 38.2 Å². The first kappa shape index (κ1) is 22.7. The molecule has 8 heteroatoms. The molecule has 0 aliphatic rings. The quantitative estimate of drug-likeness (QED) is 0.233. The summed E-state index contributed by atoms with van der Waals surface area (Å²) in [4.78, 5) is 17.2. The van der Waals surface area contributed by atoms with Crippen LogP contribution in [-0.2, 0) is 4.79 Å². The normalized spacial score (nSPS) is 11.4. The number of hydrogen-bond donors (Lipinski definition) is 1. The second kappa shape index (κ2) is 9.65. The number of para-hydroxylation sites is 1. The van der Waals surface area contributed by atoms with E-state index in [9.17, 15) is 4.79 Å². The molecule has 34 heavy (non-hydrogen) atoms. The van der Waals surface area contributed by atoms with E-state index in [0.717, 1.165) is 20.8 Å². The third-order valence-electron chi connectivity index (χ3n) is 4.99. The topological polar surface area (TPSA) is 55.1 Å². The molecule has 0 radical (unpaired) electrons. The second-order valence-electron chi connectivity index (χ2n) is 7.33. The maximum Gasteiger partial charge on any atom is 0.248 e. The highest BCUT2D eigenvalue weighted by Crippen LogP contribution is 2.34. The molecule has 0 aliphatic heterocycles. The zero-order chi connectivity index (χ0) is 23.7. The van der Waals surface area contributed by atoms with Crippen LogP contribution in [0.1, 0.15) is 5.76 Å². The number of nitrogens with zero attached hydrogens (tertiary/aromatic N) is 1. The van der Waals surface area contributed by atoms with Gasteiger partial charge in [-0.15, -0.1) is 11.3 Å². The standard InChI is InChI=1S/C26H15Cl3N2O2S/c27-16-6-9-18(20(29)14-16)23-11-7-17(33-23)8-12-25(32)30-22-13-15(5-10-19(22)28)26-31-21-3-1-2-4-24(21)34-26/h1-14H,(H,30,32)/b12-8+. The minimum Gasteiger partial charge on any atom is -0.457 e. The monoisotopic (exact) mass is 524 g/mol. The van der Waals surface area contributed by atoms with E-state index in [1.165, 1.54) is 6.08 Å². The van der Waals surface area contributed by atoms with Gasteiger partial charge in [-0.2, -0.15) is 0 Å². The summed E-state index contributed by atoms with van der Waals surface area (Å²) in [6, 6.07) is 22.1. The summed E-state index contributed by atoms with van der Waals surface area (Å²) in [7, 11) is 0. The van der Waals surface area contributed by atoms with Gasteiger partial charge in [0, 0.05) is 22.2 Å². The highest BCUT2D eigenvalue weighted by Gasteiger charge is 2.11. The molecule has 0 bridgehead atoms. The number of amides is 1. The van der Waals surface area contributed by atoms with Crippen molar-refractivity contribution in [2.75, 3.05) is 5.32 Å². The average Bonchev–Trinajstić information content (AvgIpc) is 3.46. The van der Waals surface area contributed by atoms with Crippen molar-refractivity contribution in [3.05, 3.63) is 99.7 Å². The van der Waals surface area contributed by atoms with Gasteiger partial charge in [-0.05, 0) is 60.7 Å². The van der Waals surface area contributed by atoms with Crippen molar-refractivity contribution in [2.45, 2.75) is 0 Å². The average molecular weight is 526 g/mol. The van der Waals surface area contributed by atoms with Crippen LogP contribution < -0.4 is 5.32 Å². The molecule has 2 heterocycles. The number of thiazole rings is 1. The zero-order valence-electron chi connectivity index (χ0n) is 17.4. The molecular formula is C26H15Cl3N2O2S. The van der Waals surface area contributed by atoms with Crippen molar-refractivity contribution >= 4 is 74.0 Å². The number of nitrogens with one attached hydrogen (secondary N) is 1. The largest absolute Gasteiger partial charge is 0.457 e. The Morgan fingerprint density at radius 1 is 0.941 bits per heavy atom. The Labute approximate surface area is 214 Å². The summed E-state index contributed by atoms with van der Waals surface area (Å²) in [5.74, 6) is 0.740. The van der Waals surface area contributed by atoms with Crippen molar-refractivity contribution in [1.29, 1.82) is 0 Å². The predicted molar refractivity (Wildman–Crippen MR) is 142 cm³/mol. The lowest BCUT2D eigenvalue weighted by Crippen LogP contribution is -2.08. The first-order valence-corrected chi connectivity index (χ1v) is 12.1. The van der Waals surface area contributed by atoms with Gasteiger partial charge in [0.1, 0.15) is 16.5 Å². The number of halogens is 3. The Bertz CT molecular complexity index is 1520. The first-order chi connectivity index (χ1) is 16.5. The molecule has 0 saturated carbocycles. The van der Waals surface area contributed by atoms with Gasteiger partial charge in [0.15, 0.2) is 0 Å². The Kier molecular flexibility index (Phi) is 6.44. The van der Waals surface area contributed by atoms with Crippen LogP contribution in [-0.4, -0.2) is 10.9 Å². The molecule has 2 aromatic heterocycles. The minimum absolute atomic E-state index is 0.342. The number of carbonyl (C=O) groups is 1. The van der Waals surface area contributed by atoms with E-state index in [4.69, 9.17) is 39.2 Å². The molecule has 0 fully saturated rings. The fourth-order valence-electron chi connectivity index (χ4n) is 3.36. The van der Waals surface area contributed by atoms with E-state index in [1.807, 2.05) is 36.4 Å². The van der Waals surface area contributed by atoms with Crippen molar-refractivity contribution in [3.63, 3.8) is 0 Å². The number of rotatable bonds is 5. The van der Waals surface area contributed by atoms with E-state index >= 15 is 0 Å². The Morgan fingerprint density at radius 3 is 2.62 bits per heavy atom. The minimum atomic E-state index is -0.342. The van der Waals surface area contributed by atoms with E-state index in [1.54, 1.807) is 53.8 Å². The molecule has 1 N–H and O–H groups in total. The van der Waals surface area contributed by atoms with Gasteiger partial charge in [0.05, 0.1) is 25.9 Å². The molecule has 3 aromatic carbocycles. The lowest BCUT2D eigenvalue weighted by molar-refractivity contribution is -0.111. The Balaban J connectivity index is 1.32. The van der Waals surface area contributed by atoms with Crippen LogP contribution in [0.4, 0.5) is 5.69 Å². The summed E-state index contributed by atoms with van der Waals surface area (Å²) in [6.07, 6.45) is 2.96. The Hall–Kier alpha value is -3.09. The third-order valence-corrected chi connectivity index (χ3v) is 6.95. The van der Waals surface area contributed by atoms with Crippen molar-refractivity contribution < 1.29 is 9.21 Å². The summed E-state index contributed by atoms with van der Waals surface area (Å²) < 4.78 is 6.89. The van der Waals surface area contributed by atoms with Gasteiger partial charge in [0.2, 0.25) is 5.91 Å². The molecule has 0 saturated heterocycles. The van der Waals surface area contributed by atoms with Gasteiger partial charge in [0.25, 0.3) is 0 Å². The number of furan rings is 1. The molecule has 4 nitrogen and oxygen atoms in total. The highest BCUT2D eigenvalue weighted by atomic mass is 35.5. The number of carbonyl (C=O) groups excluding carboxylic acids is 1. The maximum atomic E-state index is 12.5. The van der Waals surface area contributed by atoms with E-state index in [0.29, 0.717) is 37.8 Å². The fraction of sp³-hybridized carbons (Fsp3) is 0. The molecule has 0 unspecified atom stereocenters. The zero-order valence-corrected chi connectivity index (χ0v) is 20.5. The second-order valence-corrected chi connectivity index (χ2v) is 9.61. The van der Waals surface area contributed by atoms with Gasteiger partial charge >= 0.3 is 0 Å². The van der Waals surface area contributed by atoms with Crippen LogP contribution >= 0.6 is 46.1 Å². The maximum absolute atomic E-state index is 12.5. The Morgan fingerprint density at radius 2 is 1.79 bits per heavy atom. The van der Waals surface area contributed by atoms with Crippen LogP contribution in [0.2, 0.25) is 15.1 Å². The molecular weight excluding hydrogens is 511 g/mol. The van der Waals surface area contributed by atoms with E-state index in [2.05, 4.69) is 10.3 Å². The smallest absolute Gasteiger partial charge is 0.248 e. The summed E-state index contributed by atoms with van der Waals surface area (Å²) in [5.41, 5.74) is 3.03. The van der Waals surface area contributed by atoms with Crippen molar-refractivity contribution in [2.24, 2.45) is 0 Å². The number of anilines is 1.